The molecular formula is C33H37F2N3O2. The van der Waals surface area contributed by atoms with E-state index in [9.17, 15) is 18.7 Å². The highest BCUT2D eigenvalue weighted by Crippen LogP contribution is 2.45. The number of aliphatic hydroxyl groups excluding tert-OH is 1. The van der Waals surface area contributed by atoms with Gasteiger partial charge in [0.1, 0.15) is 11.6 Å². The molecule has 0 aliphatic heterocycles. The number of carbonyl (C=O) groups excluding carboxylic acids is 1. The third kappa shape index (κ3) is 6.43. The Hall–Kier alpha value is -3.55. The first kappa shape index (κ1) is 28.0. The lowest BCUT2D eigenvalue weighted by molar-refractivity contribution is 0.0822. The van der Waals surface area contributed by atoms with E-state index >= 15 is 0 Å². The maximum Gasteiger partial charge on any atom is 0.251 e. The van der Waals surface area contributed by atoms with Crippen molar-refractivity contribution in [1.29, 1.82) is 0 Å². The first-order chi connectivity index (χ1) is 19.3. The quantitative estimate of drug-likeness (QED) is 0.204. The summed E-state index contributed by atoms with van der Waals surface area (Å²) >= 11 is 0. The predicted octanol–water partition coefficient (Wildman–Crippen LogP) is 6.01. The van der Waals surface area contributed by atoms with Gasteiger partial charge in [-0.2, -0.15) is 0 Å². The van der Waals surface area contributed by atoms with Crippen LogP contribution in [0.4, 0.5) is 8.78 Å². The average Bonchev–Trinajstić information content (AvgIpc) is 3.62. The minimum absolute atomic E-state index is 0.0792. The molecule has 5 rings (SSSR count). The van der Waals surface area contributed by atoms with Gasteiger partial charge in [-0.25, -0.2) is 8.78 Å². The van der Waals surface area contributed by atoms with Crippen LogP contribution in [0, 0.1) is 18.6 Å². The summed E-state index contributed by atoms with van der Waals surface area (Å²) in [5.74, 6) is -1.73. The van der Waals surface area contributed by atoms with Gasteiger partial charge in [0, 0.05) is 42.0 Å². The van der Waals surface area contributed by atoms with E-state index in [4.69, 9.17) is 0 Å². The molecule has 1 aliphatic rings. The van der Waals surface area contributed by atoms with Gasteiger partial charge >= 0.3 is 0 Å². The number of halogens is 2. The van der Waals surface area contributed by atoms with Crippen LogP contribution in [0.25, 0.3) is 10.9 Å². The highest BCUT2D eigenvalue weighted by molar-refractivity contribution is 5.98. The molecule has 2 atom stereocenters. The lowest BCUT2D eigenvalue weighted by Crippen LogP contribution is -2.50. The van der Waals surface area contributed by atoms with Crippen LogP contribution in [0.1, 0.15) is 59.7 Å². The molecule has 40 heavy (non-hydrogen) atoms. The van der Waals surface area contributed by atoms with Crippen molar-refractivity contribution in [3.05, 3.63) is 107 Å². The number of benzene rings is 3. The molecule has 0 radical (unpaired) electrons. The van der Waals surface area contributed by atoms with Gasteiger partial charge < -0.3 is 20.3 Å². The molecule has 1 fully saturated rings. The second-order valence-electron chi connectivity index (χ2n) is 11.1. The first-order valence-electron chi connectivity index (χ1n) is 14.1. The maximum atomic E-state index is 14.0. The third-order valence-corrected chi connectivity index (χ3v) is 7.92. The zero-order valence-corrected chi connectivity index (χ0v) is 23.1. The van der Waals surface area contributed by atoms with Gasteiger partial charge in [0.15, 0.2) is 0 Å². The topological polar surface area (TPSA) is 66.3 Å². The lowest BCUT2D eigenvalue weighted by Gasteiger charge is -2.27. The van der Waals surface area contributed by atoms with Gasteiger partial charge in [0.2, 0.25) is 0 Å². The van der Waals surface area contributed by atoms with Crippen LogP contribution < -0.4 is 10.6 Å². The summed E-state index contributed by atoms with van der Waals surface area (Å²) in [5.41, 5.74) is 3.94. The van der Waals surface area contributed by atoms with Gasteiger partial charge in [-0.05, 0) is 79.5 Å². The summed E-state index contributed by atoms with van der Waals surface area (Å²) in [4.78, 5) is 13.4. The fourth-order valence-corrected chi connectivity index (χ4v) is 5.44. The van der Waals surface area contributed by atoms with Gasteiger partial charge in [-0.3, -0.25) is 4.79 Å². The number of rotatable bonds is 12. The fourth-order valence-electron chi connectivity index (χ4n) is 5.44. The molecule has 1 aromatic heterocycles. The van der Waals surface area contributed by atoms with Crippen molar-refractivity contribution >= 4 is 16.8 Å². The number of fused-ring (bicyclic) bond motifs is 1. The smallest absolute Gasteiger partial charge is 0.251 e. The van der Waals surface area contributed by atoms with E-state index in [-0.39, 0.29) is 24.4 Å². The molecule has 1 saturated carbocycles. The molecule has 5 nitrogen and oxygen atoms in total. The molecule has 4 aromatic rings. The van der Waals surface area contributed by atoms with Crippen LogP contribution in [0.2, 0.25) is 0 Å². The monoisotopic (exact) mass is 545 g/mol. The summed E-state index contributed by atoms with van der Waals surface area (Å²) in [7, 11) is 0. The molecule has 1 aliphatic carbocycles. The van der Waals surface area contributed by atoms with Crippen LogP contribution in [0.15, 0.2) is 72.9 Å². The van der Waals surface area contributed by atoms with Gasteiger partial charge in [0.25, 0.3) is 5.91 Å². The molecule has 0 spiro atoms. The normalized spacial score (nSPS) is 15.6. The number of nitrogens with zero attached hydrogens (tertiary/aromatic N) is 1. The Morgan fingerprint density at radius 3 is 2.52 bits per heavy atom. The van der Waals surface area contributed by atoms with E-state index in [0.29, 0.717) is 11.1 Å². The largest absolute Gasteiger partial charge is 0.390 e. The maximum absolute atomic E-state index is 14.0. The van der Waals surface area contributed by atoms with Crippen molar-refractivity contribution in [2.45, 2.75) is 70.2 Å². The van der Waals surface area contributed by atoms with Crippen molar-refractivity contribution < 1.29 is 18.7 Å². The van der Waals surface area contributed by atoms with Crippen LogP contribution in [-0.4, -0.2) is 34.3 Å². The van der Waals surface area contributed by atoms with E-state index < -0.39 is 23.8 Å². The minimum atomic E-state index is -0.991. The number of hydrogen-bond donors (Lipinski definition) is 3. The van der Waals surface area contributed by atoms with Gasteiger partial charge in [0.05, 0.1) is 12.1 Å². The second-order valence-corrected chi connectivity index (χ2v) is 11.1. The Morgan fingerprint density at radius 2 is 1.82 bits per heavy atom. The molecule has 7 heteroatoms. The van der Waals surface area contributed by atoms with E-state index in [1.54, 1.807) is 6.07 Å². The third-order valence-electron chi connectivity index (χ3n) is 7.92. The number of aryl methyl sites for hydroxylation is 2. The summed E-state index contributed by atoms with van der Waals surface area (Å²) in [5, 5.41) is 18.8. The van der Waals surface area contributed by atoms with Crippen molar-refractivity contribution in [3.63, 3.8) is 0 Å². The zero-order valence-electron chi connectivity index (χ0n) is 23.1. The Balaban J connectivity index is 1.35. The standard InChI is InChI=1S/C33H37F2N3O2/c1-3-4-13-38-14-10-24-8-9-25(19-30(24)38)32(40)37-29(18-23-16-27(34)20-28(35)17-23)31(39)21-36-33(11-12-33)26-7-5-6-22(2)15-26/h5-10,14-17,19-20,29,31,36,39H,3-4,11-13,18,21H2,1-2H3,(H,37,40)/t29-,31+/m0/s1. The first-order valence-corrected chi connectivity index (χ1v) is 14.1. The van der Waals surface area contributed by atoms with Crippen LogP contribution in [0.5, 0.6) is 0 Å². The van der Waals surface area contributed by atoms with E-state index in [0.717, 1.165) is 49.2 Å². The minimum Gasteiger partial charge on any atom is -0.390 e. The fraction of sp³-hybridized carbons (Fsp3) is 0.364. The van der Waals surface area contributed by atoms with E-state index in [1.165, 1.54) is 23.3 Å². The SMILES string of the molecule is CCCCn1ccc2ccc(C(=O)N[C@@H](Cc3cc(F)cc(F)c3)[C@H](O)CNC3(c4cccc(C)c4)CC3)cc21. The molecule has 1 heterocycles. The lowest BCUT2D eigenvalue weighted by atomic mass is 9.98. The van der Waals surface area contributed by atoms with Crippen LogP contribution in [0.3, 0.4) is 0 Å². The Bertz CT molecular complexity index is 1470. The van der Waals surface area contributed by atoms with Crippen LogP contribution >= 0.6 is 0 Å². The zero-order chi connectivity index (χ0) is 28.3. The number of carbonyl (C=O) groups is 1. The van der Waals surface area contributed by atoms with Crippen molar-refractivity contribution in [2.24, 2.45) is 0 Å². The van der Waals surface area contributed by atoms with Gasteiger partial charge in [-0.1, -0.05) is 49.2 Å². The Morgan fingerprint density at radius 1 is 1.05 bits per heavy atom. The molecule has 0 unspecified atom stereocenters. The van der Waals surface area contributed by atoms with Crippen LogP contribution in [-0.2, 0) is 18.5 Å². The molecule has 0 saturated heterocycles. The number of nitrogens with one attached hydrogen (secondary N) is 2. The number of aliphatic hydroxyl groups is 1. The molecular weight excluding hydrogens is 508 g/mol. The molecule has 3 N–H and O–H groups in total. The number of hydrogen-bond acceptors (Lipinski definition) is 3. The molecule has 0 bridgehead atoms. The number of unbranched alkanes of at least 4 members (excludes halogenated alkanes) is 1. The molecule has 3 aromatic carbocycles. The predicted molar refractivity (Wildman–Crippen MR) is 154 cm³/mol. The van der Waals surface area contributed by atoms with E-state index in [1.807, 2.05) is 30.5 Å². The second kappa shape index (κ2) is 11.9. The van der Waals surface area contributed by atoms with Gasteiger partial charge in [-0.15, -0.1) is 0 Å². The summed E-state index contributed by atoms with van der Waals surface area (Å²) in [6, 6.07) is 18.4. The van der Waals surface area contributed by atoms with Crippen molar-refractivity contribution in [2.75, 3.05) is 6.54 Å². The summed E-state index contributed by atoms with van der Waals surface area (Å²) in [6.07, 6.45) is 5.13. The van der Waals surface area contributed by atoms with E-state index in [2.05, 4.69) is 47.2 Å². The van der Waals surface area contributed by atoms with Crippen molar-refractivity contribution in [1.82, 2.24) is 15.2 Å². The molecule has 210 valence electrons. The number of amides is 1. The molecule has 1 amide bonds. The Labute approximate surface area is 234 Å². The number of aromatic nitrogens is 1. The summed E-state index contributed by atoms with van der Waals surface area (Å²) in [6.45, 7) is 5.28. The summed E-state index contributed by atoms with van der Waals surface area (Å²) < 4.78 is 30.1. The highest BCUT2D eigenvalue weighted by atomic mass is 19.1. The highest BCUT2D eigenvalue weighted by Gasteiger charge is 2.44. The van der Waals surface area contributed by atoms with Crippen molar-refractivity contribution in [3.8, 4) is 0 Å². The Kier molecular flexibility index (Phi) is 8.33. The average molecular weight is 546 g/mol.